The normalized spacial score (nSPS) is 13.2. The number of ether oxygens (including phenoxy) is 1. The van der Waals surface area contributed by atoms with Crippen LogP contribution < -0.4 is 5.32 Å². The molecule has 0 aliphatic rings. The molecule has 0 saturated carbocycles. The van der Waals surface area contributed by atoms with Crippen molar-refractivity contribution in [3.63, 3.8) is 0 Å². The van der Waals surface area contributed by atoms with Gasteiger partial charge < -0.3 is 24.8 Å². The fourth-order valence-electron chi connectivity index (χ4n) is 5.51. The number of hydrogen-bond donors (Lipinski definition) is 3. The van der Waals surface area contributed by atoms with Gasteiger partial charge in [-0.3, -0.25) is 9.59 Å². The second kappa shape index (κ2) is 16.3. The van der Waals surface area contributed by atoms with E-state index in [0.29, 0.717) is 33.5 Å². The minimum atomic E-state index is -3.65. The van der Waals surface area contributed by atoms with E-state index >= 15 is 0 Å². The zero-order valence-electron chi connectivity index (χ0n) is 28.4. The van der Waals surface area contributed by atoms with E-state index in [0.717, 1.165) is 4.31 Å². The molecule has 266 valence electrons. The Balaban J connectivity index is 1.85. The van der Waals surface area contributed by atoms with Gasteiger partial charge in [0, 0.05) is 49.9 Å². The van der Waals surface area contributed by atoms with Crippen molar-refractivity contribution in [3.05, 3.63) is 107 Å². The molecule has 1 aromatic heterocycles. The summed E-state index contributed by atoms with van der Waals surface area (Å²) in [6.45, 7) is 3.76. The van der Waals surface area contributed by atoms with Crippen molar-refractivity contribution in [3.8, 4) is 22.3 Å². The van der Waals surface area contributed by atoms with Gasteiger partial charge in [0.15, 0.2) is 0 Å². The van der Waals surface area contributed by atoms with Gasteiger partial charge >= 0.3 is 5.97 Å². The highest BCUT2D eigenvalue weighted by Crippen LogP contribution is 2.42. The van der Waals surface area contributed by atoms with Gasteiger partial charge in [-0.15, -0.1) is 0 Å². The summed E-state index contributed by atoms with van der Waals surface area (Å²) in [5.41, 5.74) is 3.28. The zero-order valence-corrected chi connectivity index (χ0v) is 29.2. The smallest absolute Gasteiger partial charge is 0.308 e. The number of sulfonamides is 1. The number of halogens is 2. The predicted octanol–water partition coefficient (Wildman–Crippen LogP) is 5.55. The van der Waals surface area contributed by atoms with Gasteiger partial charge in [-0.25, -0.2) is 21.5 Å². The lowest BCUT2D eigenvalue weighted by atomic mass is 9.94. The van der Waals surface area contributed by atoms with Crippen LogP contribution in [-0.2, 0) is 26.1 Å². The lowest BCUT2D eigenvalue weighted by molar-refractivity contribution is -0.143. The number of aromatic nitrogens is 1. The summed E-state index contributed by atoms with van der Waals surface area (Å²) in [5.74, 6) is -2.09. The lowest BCUT2D eigenvalue weighted by Gasteiger charge is -2.17. The number of benzene rings is 3. The predicted molar refractivity (Wildman–Crippen MR) is 186 cm³/mol. The molecule has 3 aromatic carbocycles. The lowest BCUT2D eigenvalue weighted by Crippen LogP contribution is -2.27. The third-order valence-electron chi connectivity index (χ3n) is 8.02. The molecule has 0 aliphatic heterocycles. The van der Waals surface area contributed by atoms with Crippen molar-refractivity contribution in [2.24, 2.45) is 0 Å². The fraction of sp³-hybridized carbons (Fsp3) is 0.297. The van der Waals surface area contributed by atoms with Crippen LogP contribution in [-0.4, -0.2) is 72.8 Å². The molecule has 1 heterocycles. The molecule has 0 fully saturated rings. The SMILES string of the molecule is COC(=O)C[C@H](O)C[C@H](O)/C=C/c1c(-c2ccc(F)cc2)c(-c2ccc(F)cc2)c(C(=O)NCc2ccc(S(=O)(=O)N(C)C)cc2)n1C(C)C. The zero-order chi connectivity index (χ0) is 36.7. The third-order valence-corrected chi connectivity index (χ3v) is 9.84. The molecule has 3 N–H and O–H groups in total. The molecule has 0 aliphatic carbocycles. The average Bonchev–Trinajstić information content (AvgIpc) is 3.42. The van der Waals surface area contributed by atoms with Crippen molar-refractivity contribution in [2.75, 3.05) is 21.2 Å². The number of amides is 1. The van der Waals surface area contributed by atoms with Gasteiger partial charge in [-0.1, -0.05) is 42.5 Å². The van der Waals surface area contributed by atoms with Crippen LogP contribution in [0.2, 0.25) is 0 Å². The number of aliphatic hydroxyl groups is 2. The van der Waals surface area contributed by atoms with Crippen LogP contribution in [0, 0.1) is 11.6 Å². The third kappa shape index (κ3) is 8.90. The number of methoxy groups -OCH3 is 1. The molecule has 2 atom stereocenters. The Morgan fingerprint density at radius 3 is 1.94 bits per heavy atom. The summed E-state index contributed by atoms with van der Waals surface area (Å²) in [5, 5.41) is 24.0. The Kier molecular flexibility index (Phi) is 12.5. The minimum Gasteiger partial charge on any atom is -0.469 e. The quantitative estimate of drug-likeness (QED) is 0.146. The molecule has 0 unspecified atom stereocenters. The fourth-order valence-corrected chi connectivity index (χ4v) is 6.41. The number of esters is 1. The first-order valence-electron chi connectivity index (χ1n) is 15.8. The highest BCUT2D eigenvalue weighted by atomic mass is 32.2. The van der Waals surface area contributed by atoms with Crippen LogP contribution in [0.3, 0.4) is 0 Å². The summed E-state index contributed by atoms with van der Waals surface area (Å²) >= 11 is 0. The second-order valence-corrected chi connectivity index (χ2v) is 14.3. The molecule has 4 rings (SSSR count). The number of carbonyl (C=O) groups excluding carboxylic acids is 2. The van der Waals surface area contributed by atoms with E-state index in [2.05, 4.69) is 10.1 Å². The Labute approximate surface area is 290 Å². The molecule has 1 amide bonds. The maximum absolute atomic E-state index is 14.3. The topological polar surface area (TPSA) is 138 Å². The van der Waals surface area contributed by atoms with E-state index in [1.807, 2.05) is 13.8 Å². The van der Waals surface area contributed by atoms with Crippen LogP contribution in [0.5, 0.6) is 0 Å². The van der Waals surface area contributed by atoms with E-state index in [-0.39, 0.29) is 36.0 Å². The van der Waals surface area contributed by atoms with Crippen LogP contribution in [0.25, 0.3) is 28.3 Å². The first-order chi connectivity index (χ1) is 23.6. The molecule has 0 spiro atoms. The largest absolute Gasteiger partial charge is 0.469 e. The number of carbonyl (C=O) groups is 2. The van der Waals surface area contributed by atoms with Crippen molar-refractivity contribution < 1.29 is 41.7 Å². The van der Waals surface area contributed by atoms with Crippen molar-refractivity contribution >= 4 is 28.0 Å². The van der Waals surface area contributed by atoms with E-state index < -0.39 is 45.7 Å². The Bertz CT molecular complexity index is 1940. The molecular weight excluding hydrogens is 668 g/mol. The summed E-state index contributed by atoms with van der Waals surface area (Å²) in [6, 6.07) is 17.1. The summed E-state index contributed by atoms with van der Waals surface area (Å²) < 4.78 is 60.8. The van der Waals surface area contributed by atoms with Crippen molar-refractivity contribution in [2.45, 2.75) is 56.4 Å². The van der Waals surface area contributed by atoms with Crippen LogP contribution >= 0.6 is 0 Å². The molecule has 0 radical (unpaired) electrons. The van der Waals surface area contributed by atoms with Gasteiger partial charge in [0.05, 0.1) is 30.6 Å². The Morgan fingerprint density at radius 1 is 0.900 bits per heavy atom. The number of hydrogen-bond acceptors (Lipinski definition) is 7. The molecule has 50 heavy (non-hydrogen) atoms. The van der Waals surface area contributed by atoms with Crippen LogP contribution in [0.15, 0.2) is 83.8 Å². The molecule has 13 heteroatoms. The highest BCUT2D eigenvalue weighted by molar-refractivity contribution is 7.89. The number of rotatable bonds is 14. The molecule has 0 saturated heterocycles. The maximum Gasteiger partial charge on any atom is 0.308 e. The van der Waals surface area contributed by atoms with Gasteiger partial charge in [0.2, 0.25) is 10.0 Å². The van der Waals surface area contributed by atoms with Crippen LogP contribution in [0.4, 0.5) is 8.78 Å². The maximum atomic E-state index is 14.3. The number of aliphatic hydroxyl groups excluding tert-OH is 2. The highest BCUT2D eigenvalue weighted by Gasteiger charge is 2.30. The standard InChI is InChI=1S/C37H41F2N3O7S/c1-23(2)42-32(19-16-29(43)20-30(44)21-33(45)49-5)34(25-8-12-27(38)13-9-25)35(26-10-14-28(39)15-11-26)36(42)37(46)40-22-24-6-17-31(18-7-24)50(47,48)41(3)4/h6-19,23,29-30,43-44H,20-22H2,1-5H3,(H,40,46)/b19-16+/t29-,30-/m1/s1. The number of nitrogens with zero attached hydrogens (tertiary/aromatic N) is 2. The van der Waals surface area contributed by atoms with Crippen molar-refractivity contribution in [1.82, 2.24) is 14.2 Å². The van der Waals surface area contributed by atoms with Gasteiger partial charge in [-0.2, -0.15) is 0 Å². The van der Waals surface area contributed by atoms with Crippen LogP contribution in [0.1, 0.15) is 54.5 Å². The monoisotopic (exact) mass is 709 g/mol. The van der Waals surface area contributed by atoms with E-state index in [4.69, 9.17) is 0 Å². The van der Waals surface area contributed by atoms with Gasteiger partial charge in [0.1, 0.15) is 17.3 Å². The van der Waals surface area contributed by atoms with Gasteiger partial charge in [-0.05, 0) is 73.0 Å². The average molecular weight is 710 g/mol. The summed E-state index contributed by atoms with van der Waals surface area (Å²) in [4.78, 5) is 26.0. The Hall–Kier alpha value is -4.69. The Morgan fingerprint density at radius 2 is 1.44 bits per heavy atom. The second-order valence-electron chi connectivity index (χ2n) is 12.2. The molecule has 4 aromatic rings. The van der Waals surface area contributed by atoms with Crippen molar-refractivity contribution in [1.29, 1.82) is 0 Å². The molecule has 10 nitrogen and oxygen atoms in total. The summed E-state index contributed by atoms with van der Waals surface area (Å²) in [6.07, 6.45) is 0.175. The summed E-state index contributed by atoms with van der Waals surface area (Å²) in [7, 11) is 0.424. The van der Waals surface area contributed by atoms with E-state index in [9.17, 15) is 37.0 Å². The minimum absolute atomic E-state index is 0.0428. The first-order valence-corrected chi connectivity index (χ1v) is 17.3. The van der Waals surface area contributed by atoms with Gasteiger partial charge in [0.25, 0.3) is 5.91 Å². The first kappa shape index (κ1) is 38.1. The number of nitrogens with one attached hydrogen (secondary N) is 1. The van der Waals surface area contributed by atoms with E-state index in [1.54, 1.807) is 34.9 Å². The molecular formula is C37H41F2N3O7S. The molecule has 0 bridgehead atoms. The van der Waals surface area contributed by atoms with E-state index in [1.165, 1.54) is 75.8 Å².